The number of fused-ring (bicyclic) bond motifs is 1. The van der Waals surface area contributed by atoms with Crippen LogP contribution in [0, 0.1) is 0 Å². The van der Waals surface area contributed by atoms with E-state index in [1.165, 1.54) is 0 Å². The average Bonchev–Trinajstić information content (AvgIpc) is 3.52. The second-order valence-electron chi connectivity index (χ2n) is 8.38. The van der Waals surface area contributed by atoms with Gasteiger partial charge < -0.3 is 24.6 Å². The minimum atomic E-state index is -0.258. The summed E-state index contributed by atoms with van der Waals surface area (Å²) in [6.07, 6.45) is 0. The lowest BCUT2D eigenvalue weighted by Crippen LogP contribution is -2.49. The predicted octanol–water partition coefficient (Wildman–Crippen LogP) is 4.63. The first-order chi connectivity index (χ1) is 16.5. The van der Waals surface area contributed by atoms with Crippen molar-refractivity contribution < 1.29 is 19.1 Å². The van der Waals surface area contributed by atoms with Crippen LogP contribution in [0.4, 0.5) is 4.79 Å². The van der Waals surface area contributed by atoms with Gasteiger partial charge in [-0.1, -0.05) is 42.5 Å². The molecule has 0 bridgehead atoms. The Labute approximate surface area is 203 Å². The molecule has 0 fully saturated rings. The lowest BCUT2D eigenvalue weighted by atomic mass is 10.2. The van der Waals surface area contributed by atoms with Crippen LogP contribution in [-0.4, -0.2) is 41.1 Å². The predicted molar refractivity (Wildman–Crippen MR) is 132 cm³/mol. The van der Waals surface area contributed by atoms with Gasteiger partial charge in [-0.15, -0.1) is 11.3 Å². The van der Waals surface area contributed by atoms with Crippen molar-refractivity contribution in [2.75, 3.05) is 13.3 Å². The number of ether oxygens (including phenoxy) is 2. The molecular formula is C26H29N3O4S. The molecule has 0 atom stereocenters. The summed E-state index contributed by atoms with van der Waals surface area (Å²) in [7, 11) is 0. The number of urea groups is 1. The van der Waals surface area contributed by atoms with Crippen LogP contribution < -0.4 is 14.8 Å². The van der Waals surface area contributed by atoms with E-state index in [1.54, 1.807) is 21.1 Å². The van der Waals surface area contributed by atoms with Gasteiger partial charge in [0.2, 0.25) is 12.7 Å². The Hall–Kier alpha value is -3.52. The first kappa shape index (κ1) is 23.6. The summed E-state index contributed by atoms with van der Waals surface area (Å²) in [6.45, 7) is 5.32. The van der Waals surface area contributed by atoms with Gasteiger partial charge in [0.25, 0.3) is 0 Å². The third-order valence-electron chi connectivity index (χ3n) is 5.57. The summed E-state index contributed by atoms with van der Waals surface area (Å²) in [6, 6.07) is 19.0. The van der Waals surface area contributed by atoms with Gasteiger partial charge in [-0.25, -0.2) is 4.79 Å². The van der Waals surface area contributed by atoms with Gasteiger partial charge in [0, 0.05) is 24.0 Å². The minimum Gasteiger partial charge on any atom is -0.454 e. The molecule has 2 heterocycles. The average molecular weight is 480 g/mol. The van der Waals surface area contributed by atoms with E-state index in [0.29, 0.717) is 31.1 Å². The smallest absolute Gasteiger partial charge is 0.318 e. The maximum atomic E-state index is 13.5. The fourth-order valence-corrected chi connectivity index (χ4v) is 4.41. The summed E-state index contributed by atoms with van der Waals surface area (Å²) < 4.78 is 10.9. The first-order valence-corrected chi connectivity index (χ1v) is 12.1. The van der Waals surface area contributed by atoms with Gasteiger partial charge in [0.05, 0.1) is 6.54 Å². The van der Waals surface area contributed by atoms with Crippen molar-refractivity contribution in [3.8, 4) is 11.5 Å². The molecule has 0 spiro atoms. The van der Waals surface area contributed by atoms with E-state index in [9.17, 15) is 9.59 Å². The number of hydrogen-bond donors (Lipinski definition) is 1. The van der Waals surface area contributed by atoms with E-state index < -0.39 is 0 Å². The Morgan fingerprint density at radius 2 is 1.76 bits per heavy atom. The summed E-state index contributed by atoms with van der Waals surface area (Å²) in [5.41, 5.74) is 1.95. The number of nitrogens with one attached hydrogen (secondary N) is 1. The van der Waals surface area contributed by atoms with Crippen LogP contribution in [0.15, 0.2) is 66.0 Å². The molecule has 2 aromatic carbocycles. The van der Waals surface area contributed by atoms with Crippen LogP contribution in [0.25, 0.3) is 0 Å². The molecule has 178 valence electrons. The zero-order valence-corrected chi connectivity index (χ0v) is 20.2. The fourth-order valence-electron chi connectivity index (χ4n) is 3.69. The number of hydrogen-bond acceptors (Lipinski definition) is 5. The summed E-state index contributed by atoms with van der Waals surface area (Å²) in [5.74, 6) is 1.28. The Kier molecular flexibility index (Phi) is 7.69. The number of rotatable bonds is 9. The van der Waals surface area contributed by atoms with E-state index >= 15 is 0 Å². The first-order valence-electron chi connectivity index (χ1n) is 11.3. The van der Waals surface area contributed by atoms with E-state index in [0.717, 1.165) is 16.0 Å². The quantitative estimate of drug-likeness (QED) is 0.486. The molecule has 1 N–H and O–H groups in total. The van der Waals surface area contributed by atoms with Crippen molar-refractivity contribution >= 4 is 23.3 Å². The van der Waals surface area contributed by atoms with Crippen LogP contribution in [0.5, 0.6) is 11.5 Å². The normalized spacial score (nSPS) is 12.0. The van der Waals surface area contributed by atoms with Gasteiger partial charge in [-0.3, -0.25) is 4.79 Å². The van der Waals surface area contributed by atoms with E-state index in [-0.39, 0.29) is 31.3 Å². The van der Waals surface area contributed by atoms with Crippen LogP contribution in [0.1, 0.15) is 29.9 Å². The third kappa shape index (κ3) is 6.08. The van der Waals surface area contributed by atoms with Crippen molar-refractivity contribution in [3.63, 3.8) is 0 Å². The lowest BCUT2D eigenvalue weighted by Gasteiger charge is -2.30. The fraction of sp³-hybridized carbons (Fsp3) is 0.308. The zero-order chi connectivity index (χ0) is 23.9. The summed E-state index contributed by atoms with van der Waals surface area (Å²) in [4.78, 5) is 30.8. The van der Waals surface area contributed by atoms with Gasteiger partial charge in [-0.05, 0) is 48.6 Å². The molecular weight excluding hydrogens is 450 g/mol. The number of carbonyl (C=O) groups excluding carboxylic acids is 2. The molecule has 3 amide bonds. The number of benzene rings is 2. The molecule has 1 aliphatic heterocycles. The molecule has 0 unspecified atom stereocenters. The minimum absolute atomic E-state index is 0.00574. The monoisotopic (exact) mass is 479 g/mol. The molecule has 0 saturated carbocycles. The lowest BCUT2D eigenvalue weighted by molar-refractivity contribution is -0.133. The highest BCUT2D eigenvalue weighted by Gasteiger charge is 2.24. The molecule has 34 heavy (non-hydrogen) atoms. The molecule has 7 nitrogen and oxygen atoms in total. The van der Waals surface area contributed by atoms with E-state index in [1.807, 2.05) is 79.9 Å². The number of amides is 3. The van der Waals surface area contributed by atoms with Crippen LogP contribution >= 0.6 is 11.3 Å². The van der Waals surface area contributed by atoms with Crippen molar-refractivity contribution in [1.29, 1.82) is 0 Å². The third-order valence-corrected chi connectivity index (χ3v) is 6.43. The second kappa shape index (κ2) is 11.1. The van der Waals surface area contributed by atoms with Crippen molar-refractivity contribution in [1.82, 2.24) is 15.1 Å². The molecule has 4 rings (SSSR count). The SMILES string of the molecule is CC(C)N(CC(=O)N(Cc1ccc2c(c1)OCO2)Cc1cccs1)C(=O)NCc1ccccc1. The molecule has 1 aliphatic rings. The van der Waals surface area contributed by atoms with E-state index in [4.69, 9.17) is 9.47 Å². The molecule has 1 aromatic heterocycles. The largest absolute Gasteiger partial charge is 0.454 e. The Morgan fingerprint density at radius 1 is 0.971 bits per heavy atom. The zero-order valence-electron chi connectivity index (χ0n) is 19.4. The van der Waals surface area contributed by atoms with Crippen molar-refractivity contribution in [2.24, 2.45) is 0 Å². The maximum Gasteiger partial charge on any atom is 0.318 e. The van der Waals surface area contributed by atoms with Gasteiger partial charge in [0.1, 0.15) is 6.54 Å². The Balaban J connectivity index is 1.45. The van der Waals surface area contributed by atoms with Crippen LogP contribution in [-0.2, 0) is 24.4 Å². The highest BCUT2D eigenvalue weighted by Crippen LogP contribution is 2.33. The second-order valence-corrected chi connectivity index (χ2v) is 9.41. The van der Waals surface area contributed by atoms with E-state index in [2.05, 4.69) is 5.32 Å². The van der Waals surface area contributed by atoms with Crippen molar-refractivity contribution in [2.45, 2.75) is 39.5 Å². The summed E-state index contributed by atoms with van der Waals surface area (Å²) in [5, 5.41) is 4.93. The van der Waals surface area contributed by atoms with Gasteiger partial charge in [-0.2, -0.15) is 0 Å². The molecule has 0 saturated heterocycles. The highest BCUT2D eigenvalue weighted by atomic mass is 32.1. The van der Waals surface area contributed by atoms with Crippen LogP contribution in [0.3, 0.4) is 0 Å². The standard InChI is InChI=1S/C26H29N3O4S/c1-19(2)29(26(31)27-14-20-7-4-3-5-8-20)17-25(30)28(16-22-9-6-12-34-22)15-21-10-11-23-24(13-21)33-18-32-23/h3-13,19H,14-18H2,1-2H3,(H,27,31). The summed E-state index contributed by atoms with van der Waals surface area (Å²) >= 11 is 1.61. The molecule has 3 aromatic rings. The topological polar surface area (TPSA) is 71.1 Å². The number of nitrogens with zero attached hydrogens (tertiary/aromatic N) is 2. The van der Waals surface area contributed by atoms with Gasteiger partial charge in [0.15, 0.2) is 11.5 Å². The number of thiophene rings is 1. The molecule has 8 heteroatoms. The van der Waals surface area contributed by atoms with Gasteiger partial charge >= 0.3 is 6.03 Å². The van der Waals surface area contributed by atoms with Crippen molar-refractivity contribution in [3.05, 3.63) is 82.0 Å². The Morgan fingerprint density at radius 3 is 2.50 bits per heavy atom. The highest BCUT2D eigenvalue weighted by molar-refractivity contribution is 7.09. The van der Waals surface area contributed by atoms with Crippen LogP contribution in [0.2, 0.25) is 0 Å². The molecule has 0 radical (unpaired) electrons. The molecule has 0 aliphatic carbocycles. The Bertz CT molecular complexity index is 1100. The maximum absolute atomic E-state index is 13.5. The number of carbonyl (C=O) groups is 2.